The number of isocyanates is 3. The first-order valence-electron chi connectivity index (χ1n) is 17.7. The zero-order valence-electron chi connectivity index (χ0n) is 30.2. The minimum atomic E-state index is -0.963. The molecule has 48 heavy (non-hydrogen) atoms. The Balaban J connectivity index is 1.92. The van der Waals surface area contributed by atoms with Gasteiger partial charge >= 0.3 is 17.1 Å². The minimum absolute atomic E-state index is 0.0533. The third-order valence-electron chi connectivity index (χ3n) is 12.9. The molecule has 9 unspecified atom stereocenters. The lowest BCUT2D eigenvalue weighted by molar-refractivity contribution is 0.0677. The highest BCUT2D eigenvalue weighted by atomic mass is 16.2. The van der Waals surface area contributed by atoms with Gasteiger partial charge in [0.05, 0.1) is 34.7 Å². The molecule has 4 rings (SSSR count). The average Bonchev–Trinajstić information content (AvgIpc) is 2.99. The van der Waals surface area contributed by atoms with E-state index in [9.17, 15) is 28.8 Å². The van der Waals surface area contributed by atoms with Crippen molar-refractivity contribution in [1.29, 1.82) is 0 Å². The van der Waals surface area contributed by atoms with Crippen LogP contribution in [0, 0.1) is 35.5 Å². The van der Waals surface area contributed by atoms with Gasteiger partial charge in [-0.2, -0.15) is 0 Å². The molecule has 12 nitrogen and oxygen atoms in total. The van der Waals surface area contributed by atoms with Gasteiger partial charge in [-0.25, -0.2) is 57.4 Å². The Kier molecular flexibility index (Phi) is 11.0. The maximum atomic E-state index is 14.8. The van der Waals surface area contributed by atoms with Crippen LogP contribution in [-0.4, -0.2) is 50.1 Å². The number of aliphatic imine (C=N–C) groups is 3. The van der Waals surface area contributed by atoms with Crippen molar-refractivity contribution in [3.63, 3.8) is 0 Å². The van der Waals surface area contributed by atoms with Crippen molar-refractivity contribution in [2.24, 2.45) is 50.5 Å². The van der Waals surface area contributed by atoms with E-state index in [0.717, 1.165) is 0 Å². The minimum Gasteiger partial charge on any atom is -0.247 e. The first-order chi connectivity index (χ1) is 22.4. The second-order valence-electron chi connectivity index (χ2n) is 16.6. The van der Waals surface area contributed by atoms with Gasteiger partial charge in [0.25, 0.3) is 0 Å². The fourth-order valence-corrected chi connectivity index (χ4v) is 9.42. The van der Waals surface area contributed by atoms with Gasteiger partial charge in [-0.1, -0.05) is 20.8 Å². The van der Waals surface area contributed by atoms with Gasteiger partial charge in [-0.3, -0.25) is 0 Å². The Labute approximate surface area is 282 Å². The van der Waals surface area contributed by atoms with Crippen LogP contribution in [0.4, 0.5) is 0 Å². The smallest absolute Gasteiger partial charge is 0.247 e. The fourth-order valence-electron chi connectivity index (χ4n) is 9.42. The summed E-state index contributed by atoms with van der Waals surface area (Å²) < 4.78 is 3.99. The number of aromatic nitrogens is 3. The molecular formula is C36H54N6O6. The standard InChI is InChI=1S/C36H54N6O6/c1-22-16-25(10-13-28(22)37-19-43)34(4,5)40-31(46)41(35(6,7)26-11-14-29(38-20-44)23(2)17-26)33(48)42(32(40)47)36(8,9)27-12-15-30(39-21-45)24(3)18-27/h22-30H,10-18H2,1-9H3. The normalized spacial score (nSPS) is 31.6. The molecule has 3 saturated carbocycles. The summed E-state index contributed by atoms with van der Waals surface area (Å²) in [5, 5.41) is 0. The summed E-state index contributed by atoms with van der Waals surface area (Å²) in [6, 6.07) is -0.469. The van der Waals surface area contributed by atoms with E-state index >= 15 is 0 Å². The van der Waals surface area contributed by atoms with Gasteiger partial charge in [-0.05, 0) is 135 Å². The van der Waals surface area contributed by atoms with Crippen LogP contribution in [0.1, 0.15) is 120 Å². The summed E-state index contributed by atoms with van der Waals surface area (Å²) in [5.74, 6) is -0.104. The predicted molar refractivity (Wildman–Crippen MR) is 182 cm³/mol. The van der Waals surface area contributed by atoms with Crippen LogP contribution in [0.2, 0.25) is 0 Å². The Morgan fingerprint density at radius 2 is 0.708 bits per heavy atom. The van der Waals surface area contributed by atoms with Gasteiger partial charge in [0.2, 0.25) is 18.2 Å². The van der Waals surface area contributed by atoms with Crippen LogP contribution in [0.3, 0.4) is 0 Å². The highest BCUT2D eigenvalue weighted by Crippen LogP contribution is 2.43. The summed E-state index contributed by atoms with van der Waals surface area (Å²) >= 11 is 0. The lowest BCUT2D eigenvalue weighted by Crippen LogP contribution is -2.67. The number of rotatable bonds is 9. The van der Waals surface area contributed by atoms with E-state index in [0.29, 0.717) is 57.8 Å². The SMILES string of the molecule is CC1CC(C(C)(C)n2c(=O)n(C(C)(C)C3CCC(N=C=O)C(C)C3)c(=O)n(C(C)(C)C3CCC(N=C=O)C(C)C3)c2=O)CCC1N=C=O. The lowest BCUT2D eigenvalue weighted by atomic mass is 9.70. The van der Waals surface area contributed by atoms with Crippen molar-refractivity contribution in [2.45, 2.75) is 155 Å². The number of nitrogens with zero attached hydrogens (tertiary/aromatic N) is 6. The third-order valence-corrected chi connectivity index (χ3v) is 12.9. The fraction of sp³-hybridized carbons (Fsp3) is 0.833. The van der Waals surface area contributed by atoms with E-state index in [-0.39, 0.29) is 53.6 Å². The molecule has 0 aliphatic heterocycles. The van der Waals surface area contributed by atoms with E-state index < -0.39 is 33.7 Å². The highest BCUT2D eigenvalue weighted by molar-refractivity contribution is 5.34. The van der Waals surface area contributed by atoms with E-state index in [1.807, 2.05) is 62.3 Å². The Morgan fingerprint density at radius 1 is 0.479 bits per heavy atom. The maximum Gasteiger partial charge on any atom is 0.337 e. The van der Waals surface area contributed by atoms with Gasteiger partial charge < -0.3 is 0 Å². The molecule has 9 atom stereocenters. The van der Waals surface area contributed by atoms with Crippen LogP contribution < -0.4 is 17.1 Å². The molecule has 0 aromatic carbocycles. The molecule has 1 heterocycles. The summed E-state index contributed by atoms with van der Waals surface area (Å²) in [6.45, 7) is 17.5. The zero-order valence-corrected chi connectivity index (χ0v) is 30.2. The van der Waals surface area contributed by atoms with Crippen LogP contribution in [0.5, 0.6) is 0 Å². The average molecular weight is 667 g/mol. The number of hydrogen-bond acceptors (Lipinski definition) is 9. The van der Waals surface area contributed by atoms with Crippen LogP contribution in [-0.2, 0) is 31.0 Å². The molecule has 264 valence electrons. The molecule has 0 amide bonds. The van der Waals surface area contributed by atoms with Gasteiger partial charge in [0, 0.05) is 0 Å². The molecule has 1 aromatic heterocycles. The molecule has 3 fully saturated rings. The lowest BCUT2D eigenvalue weighted by Gasteiger charge is -2.46. The molecular weight excluding hydrogens is 612 g/mol. The van der Waals surface area contributed by atoms with E-state index in [1.165, 1.54) is 13.7 Å². The molecule has 3 aliphatic rings. The van der Waals surface area contributed by atoms with Crippen molar-refractivity contribution in [3.8, 4) is 0 Å². The predicted octanol–water partition coefficient (Wildman–Crippen LogP) is 4.80. The number of carbonyl (C=O) groups excluding carboxylic acids is 3. The molecule has 12 heteroatoms. The highest BCUT2D eigenvalue weighted by Gasteiger charge is 2.47. The molecule has 0 spiro atoms. The van der Waals surface area contributed by atoms with Crippen molar-refractivity contribution >= 4 is 18.2 Å². The zero-order chi connectivity index (χ0) is 35.8. The first kappa shape index (κ1) is 37.4. The van der Waals surface area contributed by atoms with E-state index in [1.54, 1.807) is 18.2 Å². The quantitative estimate of drug-likeness (QED) is 0.273. The first-order valence-corrected chi connectivity index (χ1v) is 17.7. The molecule has 1 aromatic rings. The topological polar surface area (TPSA) is 154 Å². The van der Waals surface area contributed by atoms with Crippen LogP contribution in [0.15, 0.2) is 29.4 Å². The molecule has 0 radical (unpaired) electrons. The van der Waals surface area contributed by atoms with Crippen LogP contribution >= 0.6 is 0 Å². The number of hydrogen-bond donors (Lipinski definition) is 0. The summed E-state index contributed by atoms with van der Waals surface area (Å²) in [4.78, 5) is 89.6. The molecule has 0 N–H and O–H groups in total. The van der Waals surface area contributed by atoms with E-state index in [4.69, 9.17) is 0 Å². The molecule has 3 aliphatic carbocycles. The molecule has 0 saturated heterocycles. The molecule has 0 bridgehead atoms. The van der Waals surface area contributed by atoms with Gasteiger partial charge in [-0.15, -0.1) is 0 Å². The Bertz CT molecular complexity index is 1460. The second-order valence-corrected chi connectivity index (χ2v) is 16.6. The Morgan fingerprint density at radius 3 is 0.896 bits per heavy atom. The maximum absolute atomic E-state index is 14.8. The Hall–Kier alpha value is -3.45. The van der Waals surface area contributed by atoms with Crippen molar-refractivity contribution in [2.75, 3.05) is 0 Å². The van der Waals surface area contributed by atoms with Crippen molar-refractivity contribution in [3.05, 3.63) is 31.5 Å². The monoisotopic (exact) mass is 666 g/mol. The summed E-state index contributed by atoms with van der Waals surface area (Å²) in [5.41, 5.74) is -4.75. The third kappa shape index (κ3) is 6.72. The second kappa shape index (κ2) is 14.2. The largest absolute Gasteiger partial charge is 0.337 e. The van der Waals surface area contributed by atoms with Gasteiger partial charge in [0.1, 0.15) is 0 Å². The van der Waals surface area contributed by atoms with Crippen LogP contribution in [0.25, 0.3) is 0 Å². The van der Waals surface area contributed by atoms with Gasteiger partial charge in [0.15, 0.2) is 0 Å². The van der Waals surface area contributed by atoms with E-state index in [2.05, 4.69) is 15.0 Å². The summed E-state index contributed by atoms with van der Waals surface area (Å²) in [7, 11) is 0. The van der Waals surface area contributed by atoms with Crippen molar-refractivity contribution < 1.29 is 14.4 Å². The van der Waals surface area contributed by atoms with Crippen molar-refractivity contribution in [1.82, 2.24) is 13.7 Å². The summed E-state index contributed by atoms with van der Waals surface area (Å²) in [6.07, 6.45) is 10.9.